The number of nitrogens with one attached hydrogen (secondary N) is 6. The third-order valence-corrected chi connectivity index (χ3v) is 22.6. The Morgan fingerprint density at radius 3 is 1.27 bits per heavy atom. The van der Waals surface area contributed by atoms with Gasteiger partial charge in [0.1, 0.15) is 63.6 Å². The number of carbonyl (C=O) groups is 6. The van der Waals surface area contributed by atoms with Crippen LogP contribution in [-0.4, -0.2) is 266 Å². The number of likely N-dealkylation sites (N-methyl/N-ethyl adjacent to an activating group) is 3. The molecule has 134 heavy (non-hydrogen) atoms. The van der Waals surface area contributed by atoms with Gasteiger partial charge in [0, 0.05) is 160 Å². The van der Waals surface area contributed by atoms with E-state index in [4.69, 9.17) is 14.2 Å². The van der Waals surface area contributed by atoms with Crippen LogP contribution in [0.25, 0.3) is 0 Å². The molecule has 12 rings (SSSR count). The number of benzene rings is 6. The number of rotatable bonds is 33. The van der Waals surface area contributed by atoms with E-state index in [1.165, 1.54) is 66.7 Å². The number of urea groups is 2. The fraction of sp³-hybridized carbons (Fsp3) is 0.528. The molecule has 0 radical (unpaired) electrons. The van der Waals surface area contributed by atoms with Crippen LogP contribution in [0.4, 0.5) is 100.0 Å². The lowest BCUT2D eigenvalue weighted by atomic mass is 9.93. The molecule has 3 aliphatic carbocycles. The Bertz CT molecular complexity index is 4770. The first-order chi connectivity index (χ1) is 63.2. The summed E-state index contributed by atoms with van der Waals surface area (Å²) < 4.78 is 270. The molecule has 0 aromatic heterocycles. The molecule has 3 heterocycles. The van der Waals surface area contributed by atoms with E-state index in [1.807, 2.05) is 14.1 Å². The van der Waals surface area contributed by atoms with E-state index in [9.17, 15) is 108 Å². The summed E-state index contributed by atoms with van der Waals surface area (Å²) in [5, 5.41) is 16.1. The van der Waals surface area contributed by atoms with Crippen molar-refractivity contribution in [3.63, 3.8) is 0 Å². The second-order valence-electron chi connectivity index (χ2n) is 33.2. The number of amides is 6. The summed E-state index contributed by atoms with van der Waals surface area (Å²) in [4.78, 5) is 90.4. The molecule has 3 saturated carbocycles. The number of piperazine rings is 3. The van der Waals surface area contributed by atoms with Crippen LogP contribution in [0, 0.1) is 11.8 Å². The van der Waals surface area contributed by atoms with Crippen LogP contribution >= 0.6 is 0 Å². The van der Waals surface area contributed by atoms with Crippen molar-refractivity contribution in [3.05, 3.63) is 150 Å². The maximum Gasteiger partial charge on any atom is 0.573 e. The zero-order chi connectivity index (χ0) is 97.1. The predicted molar refractivity (Wildman–Crippen MR) is 451 cm³/mol. The van der Waals surface area contributed by atoms with Gasteiger partial charge in [0.2, 0.25) is 5.91 Å². The number of hydrogen-bond donors (Lipinski definition) is 6. The Labute approximate surface area is 760 Å². The molecule has 3 atom stereocenters. The molecule has 6 fully saturated rings. The maximum atomic E-state index is 13.3. The fourth-order valence-corrected chi connectivity index (χ4v) is 16.0. The molecule has 3 aliphatic heterocycles. The number of ether oxygens (including phenoxy) is 9. The van der Waals surface area contributed by atoms with E-state index in [2.05, 4.69) is 96.8 Å². The third kappa shape index (κ3) is 38.3. The zero-order valence-electron chi connectivity index (χ0n) is 73.3. The van der Waals surface area contributed by atoms with Crippen LogP contribution in [0.5, 0.6) is 51.7 Å². The number of alkyl halides is 18. The highest BCUT2D eigenvalue weighted by atomic mass is 19.4. The van der Waals surface area contributed by atoms with Crippen LogP contribution in [0.15, 0.2) is 133 Å². The molecule has 6 aromatic rings. The van der Waals surface area contributed by atoms with Gasteiger partial charge in [-0.2, -0.15) is 0 Å². The lowest BCUT2D eigenvalue weighted by Crippen LogP contribution is -2.47. The average molecular weight is 1930 g/mol. The minimum atomic E-state index is -4.99. The molecule has 3 saturated heterocycles. The largest absolute Gasteiger partial charge is 0.573 e. The van der Waals surface area contributed by atoms with Gasteiger partial charge in [-0.15, -0.1) is 79.0 Å². The van der Waals surface area contributed by atoms with Crippen molar-refractivity contribution in [2.24, 2.45) is 11.8 Å². The molecule has 0 spiro atoms. The minimum absolute atomic E-state index is 0.0199. The van der Waals surface area contributed by atoms with Gasteiger partial charge in [0.15, 0.2) is 5.78 Å². The minimum Gasteiger partial charge on any atom is -0.490 e. The van der Waals surface area contributed by atoms with Gasteiger partial charge in [0.05, 0.1) is 29.3 Å². The highest BCUT2D eigenvalue weighted by Crippen LogP contribution is 2.40. The number of Topliss-reactive ketones (excluding diaryl/α,β-unsaturated/α-hetero) is 2. The standard InChI is InChI=1S/C30H36F6N4O5.C30H35F6N3O5.C29H35F6N5O5/c1-39-14-16-40(17-15-39)13-3-6-26(41)25-19-24(45-30(34,35)36)11-12-27(25)43-22-9-7-20(8-10-22)37-28(42)38-21-4-2-5-23(18-21)44-29(31,32)33;1-38-11-13-39(14-12-38)10-9-37-28(41)26-18-21(16-22(40)15-20-3-2-4-25(17-20)44-30(34,35)36)19-27(26)42-23-5-7-24(8-6-23)43-29(31,32)33;1-39-13-15-40(16-14-39)12-11-36-26(41)24-18-22(9-10-25(24)45-29(33,34)35)43-21-7-5-19(6-8-21)37-27(42)38-20-3-2-4-23(17-20)44-28(30,31)32/h2,4-5,11-12,18-20,22H,3,6-10,13-17H2,1H3,(H2,37,38,42);2-8,17,21,26-27H,9-16,18-19H2,1H3,(H,37,41);2-4,9-10,17-19,21H,5-8,11-16H2,1H3,(H,36,41)(H2,37,38,42). The Kier molecular flexibility index (Phi) is 37.8. The lowest BCUT2D eigenvalue weighted by molar-refractivity contribution is -0.275. The SMILES string of the molecule is CN1CCN(CCCC(=O)c2cc(OC(F)(F)F)ccc2OC2CCC(NC(=O)Nc3cccc(OC(F)(F)F)c3)CC2)CC1.CN1CCN(CCNC(=O)C2CC(CC(=O)Cc3cccc(OC(F)(F)F)c3)CC2Oc2ccc(OC(F)(F)F)cc2)CC1.CN1CCN(CCNC(=O)c2cc(OC3CCC(NC(=O)Nc4cccc(OC(F)(F)F)c4)CC3)ccc2OC(F)(F)F)CC1. The highest BCUT2D eigenvalue weighted by molar-refractivity contribution is 5.99. The molecule has 6 N–H and O–H groups in total. The molecule has 0 bridgehead atoms. The Hall–Kier alpha value is -11.2. The summed E-state index contributed by atoms with van der Waals surface area (Å²) >= 11 is 0. The van der Waals surface area contributed by atoms with Crippen molar-refractivity contribution in [2.45, 2.75) is 158 Å². The number of carbonyl (C=O) groups excluding carboxylic acids is 6. The zero-order valence-corrected chi connectivity index (χ0v) is 73.3. The third-order valence-electron chi connectivity index (χ3n) is 22.6. The van der Waals surface area contributed by atoms with Crippen molar-refractivity contribution in [1.29, 1.82) is 0 Å². The number of anilines is 2. The normalized spacial score (nSPS) is 20.4. The number of ketones is 2. The molecule has 6 aliphatic rings. The van der Waals surface area contributed by atoms with Crippen molar-refractivity contribution >= 4 is 46.8 Å². The first-order valence-corrected chi connectivity index (χ1v) is 43.4. The van der Waals surface area contributed by atoms with Gasteiger partial charge in [-0.3, -0.25) is 29.0 Å². The number of halogens is 18. The van der Waals surface area contributed by atoms with Crippen LogP contribution in [0.3, 0.4) is 0 Å². The van der Waals surface area contributed by atoms with E-state index < -0.39 is 103 Å². The topological polar surface area (TPSA) is 277 Å². The molecule has 27 nitrogen and oxygen atoms in total. The van der Waals surface area contributed by atoms with Gasteiger partial charge in [-0.1, -0.05) is 24.3 Å². The Balaban J connectivity index is 0.000000208. The smallest absolute Gasteiger partial charge is 0.490 e. The van der Waals surface area contributed by atoms with Gasteiger partial charge < -0.3 is 94.1 Å². The monoisotopic (exact) mass is 1920 g/mol. The van der Waals surface area contributed by atoms with Crippen LogP contribution in [0.2, 0.25) is 0 Å². The van der Waals surface area contributed by atoms with Crippen LogP contribution in [0.1, 0.15) is 110 Å². The molecular weight excluding hydrogens is 1820 g/mol. The first kappa shape index (κ1) is 105. The van der Waals surface area contributed by atoms with E-state index in [-0.39, 0.29) is 113 Å². The molecule has 738 valence electrons. The predicted octanol–water partition coefficient (Wildman–Crippen LogP) is 16.0. The van der Waals surface area contributed by atoms with Crippen molar-refractivity contribution in [1.82, 2.24) is 50.7 Å². The number of nitrogens with zero attached hydrogens (tertiary/aromatic N) is 6. The Morgan fingerprint density at radius 2 is 0.784 bits per heavy atom. The van der Waals surface area contributed by atoms with E-state index >= 15 is 0 Å². The average Bonchev–Trinajstić information content (AvgIpc) is 0.984. The lowest BCUT2D eigenvalue weighted by Gasteiger charge is -2.32. The van der Waals surface area contributed by atoms with Crippen LogP contribution < -0.4 is 74.5 Å². The fourth-order valence-electron chi connectivity index (χ4n) is 16.0. The van der Waals surface area contributed by atoms with E-state index in [1.54, 1.807) is 0 Å². The van der Waals surface area contributed by atoms with Gasteiger partial charge >= 0.3 is 50.2 Å². The van der Waals surface area contributed by atoms with E-state index in [0.717, 1.165) is 145 Å². The maximum absolute atomic E-state index is 13.3. The van der Waals surface area contributed by atoms with Gasteiger partial charge in [0.25, 0.3) is 5.91 Å². The molecular formula is C89H106F18N12O15. The van der Waals surface area contributed by atoms with Gasteiger partial charge in [-0.05, 0) is 207 Å². The summed E-state index contributed by atoms with van der Waals surface area (Å²) in [6.45, 7) is 13.3. The molecule has 6 aromatic carbocycles. The number of hydrogen-bond acceptors (Lipinski definition) is 21. The second kappa shape index (κ2) is 48.3. The summed E-state index contributed by atoms with van der Waals surface area (Å²) in [5.74, 6) is -4.69. The van der Waals surface area contributed by atoms with Crippen molar-refractivity contribution < 1.29 is 150 Å². The molecule has 6 amide bonds. The van der Waals surface area contributed by atoms with Crippen molar-refractivity contribution in [3.8, 4) is 51.7 Å². The first-order valence-electron chi connectivity index (χ1n) is 43.4. The van der Waals surface area contributed by atoms with E-state index in [0.29, 0.717) is 102 Å². The van der Waals surface area contributed by atoms with Crippen LogP contribution in [-0.2, 0) is 16.0 Å². The summed E-state index contributed by atoms with van der Waals surface area (Å²) in [5.41, 5.74) is 0.307. The highest BCUT2D eigenvalue weighted by Gasteiger charge is 2.43. The quantitative estimate of drug-likeness (QED) is 0.0165. The Morgan fingerprint density at radius 1 is 0.381 bits per heavy atom. The summed E-state index contributed by atoms with van der Waals surface area (Å²) in [6, 6.07) is 25.2. The summed E-state index contributed by atoms with van der Waals surface area (Å²) in [7, 11) is 6.12. The van der Waals surface area contributed by atoms with Crippen molar-refractivity contribution in [2.75, 3.05) is 143 Å². The van der Waals surface area contributed by atoms with Gasteiger partial charge in [-0.25, -0.2) is 9.59 Å². The second-order valence-corrected chi connectivity index (χ2v) is 33.2. The summed E-state index contributed by atoms with van der Waals surface area (Å²) in [6.07, 6.45) is -25.4. The molecule has 45 heteroatoms. The molecule has 3 unspecified atom stereocenters.